The minimum Gasteiger partial charge on any atom is -0.477 e. The maximum Gasteiger partial charge on any atom is 0.201 e. The van der Waals surface area contributed by atoms with Crippen LogP contribution in [-0.4, -0.2) is 16.5 Å². The number of hydrogen-bond acceptors (Lipinski definition) is 4. The number of hydrogen-bond donors (Lipinski definition) is 1. The van der Waals surface area contributed by atoms with Crippen LogP contribution in [0.1, 0.15) is 19.3 Å². The Bertz CT molecular complexity index is 496. The largest absolute Gasteiger partial charge is 0.477 e. The number of aromatic nitrogens is 1. The average Bonchev–Trinajstić information content (AvgIpc) is 2.88. The van der Waals surface area contributed by atoms with Crippen molar-refractivity contribution in [2.45, 2.75) is 31.4 Å². The third-order valence-electron chi connectivity index (χ3n) is 3.11. The second kappa shape index (κ2) is 4.03. The molecule has 0 spiro atoms. The van der Waals surface area contributed by atoms with Crippen molar-refractivity contribution in [1.82, 2.24) is 4.37 Å². The molecule has 1 aliphatic carbocycles. The van der Waals surface area contributed by atoms with E-state index >= 15 is 0 Å². The van der Waals surface area contributed by atoms with E-state index in [2.05, 4.69) is 10.4 Å². The van der Waals surface area contributed by atoms with Gasteiger partial charge in [-0.25, -0.2) is 0 Å². The molecule has 3 nitrogen and oxygen atoms in total. The molecule has 1 aromatic heterocycles. The Labute approximate surface area is 98.4 Å². The van der Waals surface area contributed by atoms with Crippen LogP contribution in [-0.2, 0) is 0 Å². The van der Waals surface area contributed by atoms with Crippen molar-refractivity contribution in [2.75, 3.05) is 0 Å². The summed E-state index contributed by atoms with van der Waals surface area (Å²) >= 11 is 1.42. The Hall–Kier alpha value is -1.13. The van der Waals surface area contributed by atoms with E-state index in [0.717, 1.165) is 28.8 Å². The first-order valence-electron chi connectivity index (χ1n) is 5.61. The van der Waals surface area contributed by atoms with Crippen molar-refractivity contribution in [3.63, 3.8) is 0 Å². The molecule has 1 aliphatic rings. The van der Waals surface area contributed by atoms with Gasteiger partial charge in [0.1, 0.15) is 6.10 Å². The molecule has 3 rings (SSSR count). The van der Waals surface area contributed by atoms with Crippen LogP contribution in [0.5, 0.6) is 5.06 Å². The lowest BCUT2D eigenvalue weighted by Gasteiger charge is -2.16. The molecule has 84 valence electrons. The topological polar surface area (TPSA) is 48.1 Å². The van der Waals surface area contributed by atoms with Gasteiger partial charge in [0.25, 0.3) is 0 Å². The van der Waals surface area contributed by atoms with Gasteiger partial charge in [0.15, 0.2) is 0 Å². The SMILES string of the molecule is NC1CCCC1Oc1snc2ccccc12. The molecule has 2 aromatic rings. The third-order valence-corrected chi connectivity index (χ3v) is 3.88. The number of fused-ring (bicyclic) bond motifs is 1. The Morgan fingerprint density at radius 3 is 3.00 bits per heavy atom. The van der Waals surface area contributed by atoms with Crippen molar-refractivity contribution < 1.29 is 4.74 Å². The van der Waals surface area contributed by atoms with Crippen molar-refractivity contribution >= 4 is 22.4 Å². The van der Waals surface area contributed by atoms with E-state index in [9.17, 15) is 0 Å². The predicted octanol–water partition coefficient (Wildman–Crippen LogP) is 2.55. The molecular weight excluding hydrogens is 220 g/mol. The van der Waals surface area contributed by atoms with Gasteiger partial charge in [-0.1, -0.05) is 12.1 Å². The summed E-state index contributed by atoms with van der Waals surface area (Å²) in [7, 11) is 0. The first-order chi connectivity index (χ1) is 7.84. The molecule has 0 aliphatic heterocycles. The van der Waals surface area contributed by atoms with Gasteiger partial charge < -0.3 is 10.5 Å². The minimum atomic E-state index is 0.170. The molecule has 2 N–H and O–H groups in total. The van der Waals surface area contributed by atoms with Gasteiger partial charge in [-0.3, -0.25) is 0 Å². The Morgan fingerprint density at radius 2 is 2.19 bits per heavy atom. The van der Waals surface area contributed by atoms with Gasteiger partial charge in [-0.2, -0.15) is 4.37 Å². The fraction of sp³-hybridized carbons (Fsp3) is 0.417. The highest BCUT2D eigenvalue weighted by atomic mass is 32.1. The number of ether oxygens (including phenoxy) is 1. The number of rotatable bonds is 2. The summed E-state index contributed by atoms with van der Waals surface area (Å²) in [6, 6.07) is 8.24. The zero-order chi connectivity index (χ0) is 11.0. The zero-order valence-electron chi connectivity index (χ0n) is 8.93. The molecule has 2 atom stereocenters. The minimum absolute atomic E-state index is 0.170. The lowest BCUT2D eigenvalue weighted by Crippen LogP contribution is -2.33. The highest BCUT2D eigenvalue weighted by Gasteiger charge is 2.26. The predicted molar refractivity (Wildman–Crippen MR) is 65.9 cm³/mol. The Morgan fingerprint density at radius 1 is 1.31 bits per heavy atom. The molecular formula is C12H14N2OS. The summed E-state index contributed by atoms with van der Waals surface area (Å²) in [4.78, 5) is 0. The van der Waals surface area contributed by atoms with E-state index in [4.69, 9.17) is 10.5 Å². The van der Waals surface area contributed by atoms with Gasteiger partial charge in [0.05, 0.1) is 10.9 Å². The van der Waals surface area contributed by atoms with Crippen LogP contribution in [0.15, 0.2) is 24.3 Å². The molecule has 16 heavy (non-hydrogen) atoms. The van der Waals surface area contributed by atoms with Gasteiger partial charge in [0.2, 0.25) is 5.06 Å². The Balaban J connectivity index is 1.89. The highest BCUT2D eigenvalue weighted by Crippen LogP contribution is 2.33. The molecule has 0 radical (unpaired) electrons. The summed E-state index contributed by atoms with van der Waals surface area (Å²) in [6.07, 6.45) is 3.47. The number of benzene rings is 1. The molecule has 1 heterocycles. The van der Waals surface area contributed by atoms with Gasteiger partial charge in [0, 0.05) is 17.6 Å². The van der Waals surface area contributed by atoms with Crippen LogP contribution in [0.25, 0.3) is 10.9 Å². The highest BCUT2D eigenvalue weighted by molar-refractivity contribution is 7.09. The van der Waals surface area contributed by atoms with Crippen LogP contribution in [0, 0.1) is 0 Å². The molecule has 0 bridgehead atoms. The quantitative estimate of drug-likeness (QED) is 0.868. The van der Waals surface area contributed by atoms with Crippen molar-refractivity contribution in [1.29, 1.82) is 0 Å². The van der Waals surface area contributed by atoms with Crippen molar-refractivity contribution in [3.8, 4) is 5.06 Å². The number of nitrogens with two attached hydrogens (primary N) is 1. The second-order valence-electron chi connectivity index (χ2n) is 4.24. The zero-order valence-corrected chi connectivity index (χ0v) is 9.74. The summed E-state index contributed by atoms with van der Waals surface area (Å²) in [5.74, 6) is 0. The standard InChI is InChI=1S/C12H14N2OS/c13-9-5-3-7-11(9)15-12-8-4-1-2-6-10(8)14-16-12/h1-2,4,6,9,11H,3,5,7,13H2. The molecule has 1 saturated carbocycles. The van der Waals surface area contributed by atoms with Crippen LogP contribution >= 0.6 is 11.5 Å². The normalized spacial score (nSPS) is 25.1. The van der Waals surface area contributed by atoms with Gasteiger partial charge in [-0.15, -0.1) is 0 Å². The van der Waals surface area contributed by atoms with Gasteiger partial charge >= 0.3 is 0 Å². The number of nitrogens with zero attached hydrogens (tertiary/aromatic N) is 1. The lowest BCUT2D eigenvalue weighted by molar-refractivity contribution is 0.200. The average molecular weight is 234 g/mol. The summed E-state index contributed by atoms with van der Waals surface area (Å²) in [6.45, 7) is 0. The summed E-state index contributed by atoms with van der Waals surface area (Å²) in [5, 5.41) is 2.02. The van der Waals surface area contributed by atoms with Crippen molar-refractivity contribution in [3.05, 3.63) is 24.3 Å². The van der Waals surface area contributed by atoms with Crippen LogP contribution in [0.4, 0.5) is 0 Å². The van der Waals surface area contributed by atoms with E-state index in [1.165, 1.54) is 18.0 Å². The maximum absolute atomic E-state index is 6.00. The van der Waals surface area contributed by atoms with Gasteiger partial charge in [-0.05, 0) is 31.4 Å². The summed E-state index contributed by atoms with van der Waals surface area (Å²) in [5.41, 5.74) is 7.01. The van der Waals surface area contributed by atoms with E-state index in [1.807, 2.05) is 18.2 Å². The maximum atomic E-state index is 6.00. The fourth-order valence-electron chi connectivity index (χ4n) is 2.19. The van der Waals surface area contributed by atoms with Crippen LogP contribution in [0.2, 0.25) is 0 Å². The fourth-order valence-corrected chi connectivity index (χ4v) is 2.97. The van der Waals surface area contributed by atoms with E-state index in [0.29, 0.717) is 0 Å². The summed E-state index contributed by atoms with van der Waals surface area (Å²) < 4.78 is 10.3. The molecule has 2 unspecified atom stereocenters. The van der Waals surface area contributed by atoms with Crippen LogP contribution in [0.3, 0.4) is 0 Å². The molecule has 0 amide bonds. The first kappa shape index (κ1) is 10.1. The molecule has 1 fully saturated rings. The molecule has 0 saturated heterocycles. The van der Waals surface area contributed by atoms with E-state index in [1.54, 1.807) is 0 Å². The molecule has 4 heteroatoms. The van der Waals surface area contributed by atoms with E-state index < -0.39 is 0 Å². The third kappa shape index (κ3) is 1.68. The molecule has 1 aromatic carbocycles. The first-order valence-corrected chi connectivity index (χ1v) is 6.38. The monoisotopic (exact) mass is 234 g/mol. The smallest absolute Gasteiger partial charge is 0.201 e. The lowest BCUT2D eigenvalue weighted by atomic mass is 10.2. The van der Waals surface area contributed by atoms with Crippen molar-refractivity contribution in [2.24, 2.45) is 5.73 Å². The van der Waals surface area contributed by atoms with E-state index in [-0.39, 0.29) is 12.1 Å². The Kier molecular flexibility index (Phi) is 2.53. The van der Waals surface area contributed by atoms with Crippen LogP contribution < -0.4 is 10.5 Å². The second-order valence-corrected chi connectivity index (χ2v) is 4.97.